The van der Waals surface area contributed by atoms with Crippen LogP contribution in [0.3, 0.4) is 0 Å². The van der Waals surface area contributed by atoms with Crippen LogP contribution >= 0.6 is 0 Å². The third-order valence-electron chi connectivity index (χ3n) is 4.47. The number of anilines is 2. The third kappa shape index (κ3) is 2.93. The van der Waals surface area contributed by atoms with Crippen LogP contribution in [-0.4, -0.2) is 19.4 Å². The lowest BCUT2D eigenvalue weighted by atomic mass is 10.0. The summed E-state index contributed by atoms with van der Waals surface area (Å²) in [5.74, 6) is 0.590. The second-order valence-corrected chi connectivity index (χ2v) is 6.14. The summed E-state index contributed by atoms with van der Waals surface area (Å²) in [6, 6.07) is 14.1. The second-order valence-electron chi connectivity index (χ2n) is 6.14. The van der Waals surface area contributed by atoms with Crippen molar-refractivity contribution in [2.45, 2.75) is 13.0 Å². The van der Waals surface area contributed by atoms with E-state index >= 15 is 0 Å². The number of pyridine rings is 2. The van der Waals surface area contributed by atoms with Gasteiger partial charge in [0.05, 0.1) is 11.7 Å². The van der Waals surface area contributed by atoms with Crippen molar-refractivity contribution in [2.75, 3.05) is 11.1 Å². The molecule has 7 heteroatoms. The lowest BCUT2D eigenvalue weighted by Gasteiger charge is -2.17. The van der Waals surface area contributed by atoms with Crippen LogP contribution in [0.25, 0.3) is 16.8 Å². The van der Waals surface area contributed by atoms with E-state index in [9.17, 15) is 5.26 Å². The maximum Gasteiger partial charge on any atom is 0.150 e. The molecule has 132 valence electrons. The average Bonchev–Trinajstić information content (AvgIpc) is 3.08. The number of fused-ring (bicyclic) bond motifs is 1. The Labute approximate surface area is 156 Å². The van der Waals surface area contributed by atoms with Gasteiger partial charge in [0.25, 0.3) is 0 Å². The van der Waals surface area contributed by atoms with E-state index in [0.29, 0.717) is 5.82 Å². The van der Waals surface area contributed by atoms with E-state index in [0.717, 1.165) is 22.3 Å². The molecule has 7 nitrogen and oxygen atoms in total. The van der Waals surface area contributed by atoms with Gasteiger partial charge in [-0.1, -0.05) is 6.07 Å². The highest BCUT2D eigenvalue weighted by Gasteiger charge is 2.19. The minimum atomic E-state index is -0.116. The van der Waals surface area contributed by atoms with Gasteiger partial charge in [0, 0.05) is 35.2 Å². The van der Waals surface area contributed by atoms with Gasteiger partial charge in [-0.3, -0.25) is 4.98 Å². The molecule has 1 atom stereocenters. The van der Waals surface area contributed by atoms with Gasteiger partial charge in [0.2, 0.25) is 0 Å². The first-order valence-electron chi connectivity index (χ1n) is 8.46. The summed E-state index contributed by atoms with van der Waals surface area (Å²) >= 11 is 0. The summed E-state index contributed by atoms with van der Waals surface area (Å²) in [4.78, 5) is 12.2. The Hall–Kier alpha value is -3.92. The fraction of sp³-hybridized carbons (Fsp3) is 0.100. The summed E-state index contributed by atoms with van der Waals surface area (Å²) < 4.78 is 2.14. The molecule has 4 heterocycles. The molecule has 1 unspecified atom stereocenters. The Bertz CT molecular complexity index is 1140. The smallest absolute Gasteiger partial charge is 0.150 e. The summed E-state index contributed by atoms with van der Waals surface area (Å²) in [6.45, 7) is 2.03. The molecular weight excluding hydrogens is 338 g/mol. The van der Waals surface area contributed by atoms with Crippen molar-refractivity contribution in [3.05, 3.63) is 72.4 Å². The predicted molar refractivity (Wildman–Crippen MR) is 104 cm³/mol. The van der Waals surface area contributed by atoms with Crippen LogP contribution < -0.4 is 11.1 Å². The zero-order chi connectivity index (χ0) is 18.8. The molecule has 0 spiro atoms. The van der Waals surface area contributed by atoms with E-state index in [1.165, 1.54) is 6.33 Å². The van der Waals surface area contributed by atoms with Crippen molar-refractivity contribution in [3.63, 3.8) is 0 Å². The van der Waals surface area contributed by atoms with Gasteiger partial charge >= 0.3 is 0 Å². The summed E-state index contributed by atoms with van der Waals surface area (Å²) in [5, 5.41) is 12.7. The number of aromatic nitrogens is 4. The van der Waals surface area contributed by atoms with Crippen LogP contribution in [0.5, 0.6) is 0 Å². The van der Waals surface area contributed by atoms with Gasteiger partial charge in [0.1, 0.15) is 29.6 Å². The zero-order valence-corrected chi connectivity index (χ0v) is 14.7. The summed E-state index contributed by atoms with van der Waals surface area (Å²) in [5.41, 5.74) is 10.3. The van der Waals surface area contributed by atoms with Crippen molar-refractivity contribution < 1.29 is 0 Å². The largest absolute Gasteiger partial charge is 0.382 e. The van der Waals surface area contributed by atoms with Gasteiger partial charge in [-0.15, -0.1) is 0 Å². The van der Waals surface area contributed by atoms with E-state index < -0.39 is 0 Å². The SMILES string of the molecule is CC(Nc1ncnc(N)c1C#N)c1cc2ccccn2c1-c1ccncc1. The molecule has 4 aromatic rings. The van der Waals surface area contributed by atoms with Crippen molar-refractivity contribution in [3.8, 4) is 17.3 Å². The number of hydrogen-bond acceptors (Lipinski definition) is 6. The molecule has 4 rings (SSSR count). The fourth-order valence-electron chi connectivity index (χ4n) is 3.19. The van der Waals surface area contributed by atoms with E-state index in [4.69, 9.17) is 5.73 Å². The molecule has 4 aromatic heterocycles. The van der Waals surface area contributed by atoms with Gasteiger partial charge in [-0.05, 0) is 37.3 Å². The summed E-state index contributed by atoms with van der Waals surface area (Å²) in [7, 11) is 0. The van der Waals surface area contributed by atoms with Crippen molar-refractivity contribution in [1.82, 2.24) is 19.4 Å². The molecule has 0 radical (unpaired) electrons. The van der Waals surface area contributed by atoms with Crippen LogP contribution in [0.15, 0.2) is 61.3 Å². The first kappa shape index (κ1) is 16.5. The molecule has 0 saturated carbocycles. The number of nitrogens with zero attached hydrogens (tertiary/aromatic N) is 5. The fourth-order valence-corrected chi connectivity index (χ4v) is 3.19. The molecule has 0 aromatic carbocycles. The van der Waals surface area contributed by atoms with E-state index in [-0.39, 0.29) is 17.4 Å². The average molecular weight is 355 g/mol. The first-order chi connectivity index (χ1) is 13.2. The van der Waals surface area contributed by atoms with Crippen LogP contribution in [0, 0.1) is 11.3 Å². The maximum atomic E-state index is 9.37. The normalized spacial score (nSPS) is 11.9. The highest BCUT2D eigenvalue weighted by atomic mass is 15.1. The minimum Gasteiger partial charge on any atom is -0.382 e. The van der Waals surface area contributed by atoms with Gasteiger partial charge in [0.15, 0.2) is 0 Å². The predicted octanol–water partition coefficient (Wildman–Crippen LogP) is 3.42. The first-order valence-corrected chi connectivity index (χ1v) is 8.46. The standard InChI is InChI=1S/C20H17N7/c1-13(26-20-17(11-21)19(22)24-12-25-20)16-10-15-4-2-3-9-27(15)18(16)14-5-7-23-8-6-14/h2-10,12-13H,1H3,(H3,22,24,25,26). The van der Waals surface area contributed by atoms with E-state index in [1.54, 1.807) is 12.4 Å². The number of hydrogen-bond donors (Lipinski definition) is 2. The monoisotopic (exact) mass is 355 g/mol. The quantitative estimate of drug-likeness (QED) is 0.581. The minimum absolute atomic E-state index is 0.116. The topological polar surface area (TPSA) is 105 Å². The Morgan fingerprint density at radius 1 is 1.19 bits per heavy atom. The van der Waals surface area contributed by atoms with Gasteiger partial charge in [-0.25, -0.2) is 9.97 Å². The van der Waals surface area contributed by atoms with E-state index in [2.05, 4.69) is 42.9 Å². The number of nitrogens with one attached hydrogen (secondary N) is 1. The number of nitrogen functional groups attached to an aromatic ring is 1. The van der Waals surface area contributed by atoms with Crippen molar-refractivity contribution in [1.29, 1.82) is 5.26 Å². The zero-order valence-electron chi connectivity index (χ0n) is 14.7. The lowest BCUT2D eigenvalue weighted by molar-refractivity contribution is 0.872. The Morgan fingerprint density at radius 2 is 2.00 bits per heavy atom. The molecular formula is C20H17N7. The van der Waals surface area contributed by atoms with Crippen LogP contribution in [-0.2, 0) is 0 Å². The van der Waals surface area contributed by atoms with Crippen LogP contribution in [0.4, 0.5) is 11.6 Å². The Morgan fingerprint density at radius 3 is 2.78 bits per heavy atom. The number of nitriles is 1. The van der Waals surface area contributed by atoms with Crippen LogP contribution in [0.2, 0.25) is 0 Å². The number of rotatable bonds is 4. The molecule has 0 bridgehead atoms. The molecule has 0 aliphatic carbocycles. The summed E-state index contributed by atoms with van der Waals surface area (Å²) in [6.07, 6.45) is 6.94. The maximum absolute atomic E-state index is 9.37. The highest BCUT2D eigenvalue weighted by Crippen LogP contribution is 2.33. The van der Waals surface area contributed by atoms with Crippen LogP contribution in [0.1, 0.15) is 24.1 Å². The lowest BCUT2D eigenvalue weighted by Crippen LogP contribution is -2.11. The molecule has 27 heavy (non-hydrogen) atoms. The van der Waals surface area contributed by atoms with Crippen molar-refractivity contribution >= 4 is 17.2 Å². The molecule has 3 N–H and O–H groups in total. The highest BCUT2D eigenvalue weighted by molar-refractivity contribution is 5.73. The van der Waals surface area contributed by atoms with Gasteiger partial charge in [-0.2, -0.15) is 5.26 Å². The molecule has 0 saturated heterocycles. The molecule has 0 aliphatic heterocycles. The molecule has 0 fully saturated rings. The van der Waals surface area contributed by atoms with E-state index in [1.807, 2.05) is 37.4 Å². The Balaban J connectivity index is 1.82. The van der Waals surface area contributed by atoms with Crippen molar-refractivity contribution in [2.24, 2.45) is 0 Å². The number of nitrogens with two attached hydrogens (primary N) is 1. The Kier molecular flexibility index (Phi) is 4.15. The molecule has 0 amide bonds. The van der Waals surface area contributed by atoms with Gasteiger partial charge < -0.3 is 15.5 Å². The molecule has 0 aliphatic rings. The second kappa shape index (κ2) is 6.77. The third-order valence-corrected chi connectivity index (χ3v) is 4.47.